The predicted octanol–water partition coefficient (Wildman–Crippen LogP) is 3.99. The number of amides is 1. The molecular formula is C22H19ClF2N6O2. The van der Waals surface area contributed by atoms with Crippen LogP contribution in [0.5, 0.6) is 5.88 Å². The number of benzene rings is 1. The maximum atomic E-state index is 14.4. The normalized spacial score (nSPS) is 15.9. The van der Waals surface area contributed by atoms with Gasteiger partial charge in [-0.05, 0) is 18.9 Å². The molecule has 0 spiro atoms. The van der Waals surface area contributed by atoms with Gasteiger partial charge in [0.15, 0.2) is 11.5 Å². The average Bonchev–Trinajstić information content (AvgIpc) is 3.15. The first-order chi connectivity index (χ1) is 15.8. The van der Waals surface area contributed by atoms with E-state index in [4.69, 9.17) is 28.6 Å². The third-order valence-corrected chi connectivity index (χ3v) is 5.69. The van der Waals surface area contributed by atoms with E-state index in [1.54, 1.807) is 4.90 Å². The minimum absolute atomic E-state index is 0.0772. The molecule has 0 saturated carbocycles. The Morgan fingerprint density at radius 3 is 2.76 bits per heavy atom. The second kappa shape index (κ2) is 9.13. The Morgan fingerprint density at radius 1 is 1.33 bits per heavy atom. The molecule has 8 nitrogen and oxygen atoms in total. The molecule has 0 bridgehead atoms. The highest BCUT2D eigenvalue weighted by Crippen LogP contribution is 2.33. The van der Waals surface area contributed by atoms with E-state index >= 15 is 0 Å². The van der Waals surface area contributed by atoms with Gasteiger partial charge in [0.1, 0.15) is 16.8 Å². The highest BCUT2D eigenvalue weighted by atomic mass is 35.5. The van der Waals surface area contributed by atoms with E-state index < -0.39 is 17.5 Å². The van der Waals surface area contributed by atoms with Crippen molar-refractivity contribution >= 4 is 23.2 Å². The first kappa shape index (κ1) is 22.6. The van der Waals surface area contributed by atoms with E-state index in [9.17, 15) is 13.6 Å². The van der Waals surface area contributed by atoms with Crippen LogP contribution < -0.4 is 10.5 Å². The lowest BCUT2D eigenvalue weighted by Crippen LogP contribution is -2.45. The number of hydrogen-bond acceptors (Lipinski definition) is 5. The van der Waals surface area contributed by atoms with E-state index in [0.29, 0.717) is 13.1 Å². The van der Waals surface area contributed by atoms with Gasteiger partial charge in [0.05, 0.1) is 25.6 Å². The number of hydrogen-bond donors (Lipinski definition) is 1. The molecule has 1 atom stereocenters. The van der Waals surface area contributed by atoms with E-state index in [0.717, 1.165) is 25.0 Å². The molecular weight excluding hydrogens is 454 g/mol. The second-order valence-electron chi connectivity index (χ2n) is 7.53. The van der Waals surface area contributed by atoms with Crippen LogP contribution in [0.4, 0.5) is 14.5 Å². The number of imidazole rings is 1. The Hall–Kier alpha value is -3.55. The first-order valence-corrected chi connectivity index (χ1v) is 10.4. The molecule has 1 fully saturated rings. The second-order valence-corrected chi connectivity index (χ2v) is 7.88. The summed E-state index contributed by atoms with van der Waals surface area (Å²) in [5.74, 6) is -2.08. The molecule has 1 aromatic carbocycles. The summed E-state index contributed by atoms with van der Waals surface area (Å²) in [4.78, 5) is 26.2. The van der Waals surface area contributed by atoms with Crippen LogP contribution in [0.25, 0.3) is 21.9 Å². The van der Waals surface area contributed by atoms with Crippen molar-refractivity contribution in [2.24, 2.45) is 5.73 Å². The zero-order valence-corrected chi connectivity index (χ0v) is 18.3. The Morgan fingerprint density at radius 2 is 2.12 bits per heavy atom. The van der Waals surface area contributed by atoms with Crippen molar-refractivity contribution in [3.8, 4) is 23.0 Å². The summed E-state index contributed by atoms with van der Waals surface area (Å²) in [5.41, 5.74) is 6.16. The lowest BCUT2D eigenvalue weighted by atomic mass is 10.1. The van der Waals surface area contributed by atoms with Gasteiger partial charge in [-0.2, -0.15) is 0 Å². The van der Waals surface area contributed by atoms with Crippen molar-refractivity contribution in [1.82, 2.24) is 19.4 Å². The smallest absolute Gasteiger partial charge is 0.275 e. The van der Waals surface area contributed by atoms with Gasteiger partial charge >= 0.3 is 0 Å². The molecule has 1 amide bonds. The predicted molar refractivity (Wildman–Crippen MR) is 118 cm³/mol. The highest BCUT2D eigenvalue weighted by Gasteiger charge is 2.30. The summed E-state index contributed by atoms with van der Waals surface area (Å²) < 4.78 is 35.0. The fourth-order valence-corrected chi connectivity index (χ4v) is 4.04. The molecule has 3 heterocycles. The third-order valence-electron chi connectivity index (χ3n) is 5.34. The quantitative estimate of drug-likeness (QED) is 0.580. The number of halogens is 3. The fourth-order valence-electron chi connectivity index (χ4n) is 3.73. The summed E-state index contributed by atoms with van der Waals surface area (Å²) in [5, 5.41) is -0.0878. The number of pyridine rings is 1. The Balaban J connectivity index is 1.88. The summed E-state index contributed by atoms with van der Waals surface area (Å²) in [6.07, 6.45) is 2.85. The maximum Gasteiger partial charge on any atom is 0.275 e. The molecule has 170 valence electrons. The SMILES string of the molecule is [C-]#[N+]c1ccc(-c2nc(C(=O)N3CCC[C@@H](N)C3)c(Cl)n2-c2cnc(OC)c(F)c2)cc1F. The molecule has 2 N–H and O–H groups in total. The molecule has 0 aliphatic carbocycles. The minimum Gasteiger partial charge on any atom is -0.479 e. The monoisotopic (exact) mass is 472 g/mol. The topological polar surface area (TPSA) is 90.6 Å². The molecule has 0 radical (unpaired) electrons. The molecule has 2 aromatic heterocycles. The van der Waals surface area contributed by atoms with Crippen LogP contribution in [0.15, 0.2) is 30.5 Å². The zero-order chi connectivity index (χ0) is 23.7. The molecule has 33 heavy (non-hydrogen) atoms. The summed E-state index contributed by atoms with van der Waals surface area (Å²) in [7, 11) is 1.28. The Kier molecular flexibility index (Phi) is 6.26. The van der Waals surface area contributed by atoms with Crippen molar-refractivity contribution in [2.75, 3.05) is 20.2 Å². The number of nitrogens with two attached hydrogens (primary N) is 1. The standard InChI is InChI=1S/C22H19ClF2N6O2/c1-27-17-6-5-12(8-15(17)24)20-29-18(22(32)30-7-3-4-13(26)11-30)19(23)31(20)14-9-16(25)21(33-2)28-10-14/h5-6,8-10,13H,3-4,7,11,26H2,2H3/t13-/m1/s1. The van der Waals surface area contributed by atoms with Crippen molar-refractivity contribution < 1.29 is 18.3 Å². The van der Waals surface area contributed by atoms with Gasteiger partial charge in [0.2, 0.25) is 11.6 Å². The van der Waals surface area contributed by atoms with Crippen molar-refractivity contribution in [3.63, 3.8) is 0 Å². The average molecular weight is 473 g/mol. The maximum absolute atomic E-state index is 14.4. The minimum atomic E-state index is -0.762. The van der Waals surface area contributed by atoms with Crippen LogP contribution >= 0.6 is 11.6 Å². The number of methoxy groups -OCH3 is 1. The van der Waals surface area contributed by atoms with Crippen molar-refractivity contribution in [1.29, 1.82) is 0 Å². The van der Waals surface area contributed by atoms with Gasteiger partial charge in [-0.25, -0.2) is 23.6 Å². The fraction of sp³-hybridized carbons (Fsp3) is 0.273. The van der Waals surface area contributed by atoms with Crippen molar-refractivity contribution in [2.45, 2.75) is 18.9 Å². The molecule has 3 aromatic rings. The molecule has 4 rings (SSSR count). The summed E-state index contributed by atoms with van der Waals surface area (Å²) in [6, 6.07) is 4.85. The number of nitrogens with zero attached hydrogens (tertiary/aromatic N) is 5. The lowest BCUT2D eigenvalue weighted by molar-refractivity contribution is 0.0703. The van der Waals surface area contributed by atoms with Crippen LogP contribution in [-0.2, 0) is 0 Å². The summed E-state index contributed by atoms with van der Waals surface area (Å²) >= 11 is 6.59. The molecule has 1 aliphatic heterocycles. The lowest BCUT2D eigenvalue weighted by Gasteiger charge is -2.30. The van der Waals surface area contributed by atoms with Crippen LogP contribution in [0, 0.1) is 18.2 Å². The van der Waals surface area contributed by atoms with E-state index in [-0.39, 0.29) is 45.5 Å². The van der Waals surface area contributed by atoms with Gasteiger partial charge in [0.25, 0.3) is 5.91 Å². The van der Waals surface area contributed by atoms with E-state index in [1.807, 2.05) is 0 Å². The summed E-state index contributed by atoms with van der Waals surface area (Å²) in [6.45, 7) is 7.89. The number of piperidine rings is 1. The number of rotatable bonds is 4. The van der Waals surface area contributed by atoms with Crippen LogP contribution in [0.2, 0.25) is 5.15 Å². The Labute approximate surface area is 193 Å². The van der Waals surface area contributed by atoms with E-state index in [1.165, 1.54) is 30.0 Å². The number of carbonyl (C=O) groups is 1. The first-order valence-electron chi connectivity index (χ1n) is 10.0. The molecule has 1 aliphatic rings. The third kappa shape index (κ3) is 4.25. The number of ether oxygens (including phenoxy) is 1. The Bertz CT molecular complexity index is 1270. The molecule has 0 unspecified atom stereocenters. The van der Waals surface area contributed by atoms with Gasteiger partial charge in [-0.1, -0.05) is 23.7 Å². The number of aromatic nitrogens is 3. The van der Waals surface area contributed by atoms with Crippen molar-refractivity contribution in [3.05, 3.63) is 64.4 Å². The largest absolute Gasteiger partial charge is 0.479 e. The molecule has 11 heteroatoms. The molecule has 1 saturated heterocycles. The van der Waals surface area contributed by atoms with Gasteiger partial charge < -0.3 is 15.4 Å². The number of carbonyl (C=O) groups excluding carboxylic acids is 1. The van der Waals surface area contributed by atoms with Gasteiger partial charge in [-0.15, -0.1) is 0 Å². The van der Waals surface area contributed by atoms with Crippen LogP contribution in [0.1, 0.15) is 23.3 Å². The highest BCUT2D eigenvalue weighted by molar-refractivity contribution is 6.33. The van der Waals surface area contributed by atoms with Gasteiger partial charge in [0, 0.05) is 30.8 Å². The van der Waals surface area contributed by atoms with Crippen LogP contribution in [0.3, 0.4) is 0 Å². The van der Waals surface area contributed by atoms with Gasteiger partial charge in [-0.3, -0.25) is 9.36 Å². The zero-order valence-electron chi connectivity index (χ0n) is 17.6. The van der Waals surface area contributed by atoms with Crippen LogP contribution in [-0.4, -0.2) is 51.6 Å². The number of likely N-dealkylation sites (tertiary alicyclic amines) is 1. The van der Waals surface area contributed by atoms with E-state index in [2.05, 4.69) is 14.8 Å².